The fourth-order valence-electron chi connectivity index (χ4n) is 3.26. The summed E-state index contributed by atoms with van der Waals surface area (Å²) < 4.78 is 1.75. The first-order valence-electron chi connectivity index (χ1n) is 8.53. The first kappa shape index (κ1) is 18.2. The molecule has 0 aliphatic heterocycles. The molecule has 1 N–H and O–H groups in total. The number of anilines is 1. The van der Waals surface area contributed by atoms with Crippen LogP contribution in [0.1, 0.15) is 56.9 Å². The average molecular weight is 327 g/mol. The number of amides is 1. The summed E-state index contributed by atoms with van der Waals surface area (Å²) in [6, 6.07) is 8.11. The van der Waals surface area contributed by atoms with E-state index in [-0.39, 0.29) is 11.3 Å². The molecular formula is C20H29N3O. The molecular weight excluding hydrogens is 298 g/mol. The zero-order valence-electron chi connectivity index (χ0n) is 15.7. The summed E-state index contributed by atoms with van der Waals surface area (Å²) in [5.74, 6) is 0.392. The molecule has 2 rings (SSSR count). The minimum absolute atomic E-state index is 0.00140. The molecule has 4 heteroatoms. The zero-order chi connectivity index (χ0) is 17.9. The zero-order valence-corrected chi connectivity index (χ0v) is 15.7. The summed E-state index contributed by atoms with van der Waals surface area (Å²) in [5, 5.41) is 7.38. The van der Waals surface area contributed by atoms with Crippen LogP contribution in [0.25, 0.3) is 0 Å². The molecule has 0 bridgehead atoms. The van der Waals surface area contributed by atoms with E-state index in [2.05, 4.69) is 44.2 Å². The fourth-order valence-corrected chi connectivity index (χ4v) is 3.26. The highest BCUT2D eigenvalue weighted by molar-refractivity contribution is 5.93. The van der Waals surface area contributed by atoms with E-state index in [1.54, 1.807) is 4.68 Å². The maximum absolute atomic E-state index is 12.5. The molecule has 130 valence electrons. The van der Waals surface area contributed by atoms with Gasteiger partial charge in [-0.05, 0) is 36.3 Å². The summed E-state index contributed by atoms with van der Waals surface area (Å²) in [4.78, 5) is 12.5. The molecule has 4 nitrogen and oxygen atoms in total. The lowest BCUT2D eigenvalue weighted by Crippen LogP contribution is -2.17. The molecule has 0 radical (unpaired) electrons. The molecule has 1 heterocycles. The Balaban J connectivity index is 2.12. The topological polar surface area (TPSA) is 46.9 Å². The molecule has 0 aliphatic rings. The Labute approximate surface area is 145 Å². The highest BCUT2D eigenvalue weighted by Crippen LogP contribution is 2.34. The van der Waals surface area contributed by atoms with E-state index < -0.39 is 0 Å². The third-order valence-corrected chi connectivity index (χ3v) is 4.15. The van der Waals surface area contributed by atoms with E-state index in [1.807, 2.05) is 38.4 Å². The Morgan fingerprint density at radius 2 is 1.96 bits per heavy atom. The van der Waals surface area contributed by atoms with Crippen molar-refractivity contribution in [2.24, 2.45) is 12.5 Å². The fraction of sp³-hybridized carbons (Fsp3) is 0.500. The summed E-state index contributed by atoms with van der Waals surface area (Å²) in [5.41, 5.74) is 4.24. The number of aryl methyl sites for hydroxylation is 2. The van der Waals surface area contributed by atoms with Gasteiger partial charge in [-0.15, -0.1) is 0 Å². The Morgan fingerprint density at radius 3 is 2.54 bits per heavy atom. The number of hydrogen-bond donors (Lipinski definition) is 1. The first-order chi connectivity index (χ1) is 11.2. The molecule has 24 heavy (non-hydrogen) atoms. The maximum atomic E-state index is 12.5. The van der Waals surface area contributed by atoms with Crippen LogP contribution in [0.2, 0.25) is 0 Å². The Kier molecular flexibility index (Phi) is 5.47. The van der Waals surface area contributed by atoms with Gasteiger partial charge in [-0.25, -0.2) is 0 Å². The van der Waals surface area contributed by atoms with Crippen LogP contribution in [0.15, 0.2) is 30.5 Å². The van der Waals surface area contributed by atoms with Crippen molar-refractivity contribution in [3.8, 4) is 0 Å². The van der Waals surface area contributed by atoms with Crippen LogP contribution in [0.3, 0.4) is 0 Å². The van der Waals surface area contributed by atoms with E-state index in [9.17, 15) is 4.79 Å². The molecule has 2 aromatic rings. The monoisotopic (exact) mass is 327 g/mol. The van der Waals surface area contributed by atoms with Crippen molar-refractivity contribution >= 4 is 11.6 Å². The lowest BCUT2D eigenvalue weighted by Gasteiger charge is -2.25. The lowest BCUT2D eigenvalue weighted by molar-refractivity contribution is -0.115. The average Bonchev–Trinajstić information content (AvgIpc) is 2.75. The van der Waals surface area contributed by atoms with Gasteiger partial charge in [-0.3, -0.25) is 9.48 Å². The van der Waals surface area contributed by atoms with Crippen molar-refractivity contribution in [2.45, 2.75) is 53.4 Å². The van der Waals surface area contributed by atoms with E-state index in [4.69, 9.17) is 0 Å². The molecule has 0 aliphatic carbocycles. The van der Waals surface area contributed by atoms with Crippen LogP contribution < -0.4 is 5.32 Å². The van der Waals surface area contributed by atoms with Gasteiger partial charge in [0.2, 0.25) is 5.91 Å². The number of nitrogens with zero attached hydrogens (tertiary/aromatic N) is 2. The molecule has 1 amide bonds. The van der Waals surface area contributed by atoms with Crippen molar-refractivity contribution in [1.82, 2.24) is 9.78 Å². The van der Waals surface area contributed by atoms with Gasteiger partial charge in [-0.2, -0.15) is 5.10 Å². The van der Waals surface area contributed by atoms with Gasteiger partial charge in [0.25, 0.3) is 0 Å². The normalized spacial score (nSPS) is 12.9. The number of hydrogen-bond acceptors (Lipinski definition) is 2. The second-order valence-corrected chi connectivity index (χ2v) is 7.89. The van der Waals surface area contributed by atoms with Crippen LogP contribution in [0.5, 0.6) is 0 Å². The number of rotatable bonds is 5. The predicted octanol–water partition coefficient (Wildman–Crippen LogP) is 4.45. The van der Waals surface area contributed by atoms with Crippen molar-refractivity contribution in [2.75, 3.05) is 5.32 Å². The van der Waals surface area contributed by atoms with Gasteiger partial charge in [0.15, 0.2) is 0 Å². The largest absolute Gasteiger partial charge is 0.326 e. The number of benzene rings is 1. The molecule has 1 aromatic heterocycles. The van der Waals surface area contributed by atoms with Crippen molar-refractivity contribution in [1.29, 1.82) is 0 Å². The SMILES string of the molecule is Cc1nn(C)cc1CC(=O)Nc1ccccc1C(C)CC(C)(C)C. The van der Waals surface area contributed by atoms with Gasteiger partial charge in [0.05, 0.1) is 12.1 Å². The lowest BCUT2D eigenvalue weighted by atomic mass is 9.82. The van der Waals surface area contributed by atoms with Crippen LogP contribution in [-0.2, 0) is 18.3 Å². The second kappa shape index (κ2) is 7.20. The summed E-state index contributed by atoms with van der Waals surface area (Å²) in [6.45, 7) is 10.9. The third kappa shape index (κ3) is 4.95. The van der Waals surface area contributed by atoms with Gasteiger partial charge in [0.1, 0.15) is 0 Å². The van der Waals surface area contributed by atoms with E-state index in [1.165, 1.54) is 5.56 Å². The Bertz CT molecular complexity index is 710. The first-order valence-corrected chi connectivity index (χ1v) is 8.53. The van der Waals surface area contributed by atoms with Crippen LogP contribution in [0, 0.1) is 12.3 Å². The molecule has 0 saturated carbocycles. The summed E-state index contributed by atoms with van der Waals surface area (Å²) in [7, 11) is 1.87. The van der Waals surface area contributed by atoms with Gasteiger partial charge in [0, 0.05) is 24.5 Å². The quantitative estimate of drug-likeness (QED) is 0.882. The molecule has 1 atom stereocenters. The predicted molar refractivity (Wildman–Crippen MR) is 99.2 cm³/mol. The number of carbonyl (C=O) groups is 1. The molecule has 0 saturated heterocycles. The minimum Gasteiger partial charge on any atom is -0.326 e. The van der Waals surface area contributed by atoms with Gasteiger partial charge >= 0.3 is 0 Å². The molecule has 1 unspecified atom stereocenters. The third-order valence-electron chi connectivity index (χ3n) is 4.15. The highest BCUT2D eigenvalue weighted by Gasteiger charge is 2.19. The standard InChI is InChI=1S/C20H29N3O/c1-14(12-20(3,4)5)17-9-7-8-10-18(17)21-19(24)11-16-13-23(6)22-15(16)2/h7-10,13-14H,11-12H2,1-6H3,(H,21,24). The summed E-state index contributed by atoms with van der Waals surface area (Å²) >= 11 is 0. The second-order valence-electron chi connectivity index (χ2n) is 7.89. The van der Waals surface area contributed by atoms with E-state index >= 15 is 0 Å². The van der Waals surface area contributed by atoms with E-state index in [0.29, 0.717) is 12.3 Å². The molecule has 0 fully saturated rings. The molecule has 0 spiro atoms. The summed E-state index contributed by atoms with van der Waals surface area (Å²) in [6.07, 6.45) is 3.33. The number of aromatic nitrogens is 2. The molecule has 1 aromatic carbocycles. The number of para-hydroxylation sites is 1. The number of carbonyl (C=O) groups excluding carboxylic acids is 1. The number of nitrogens with one attached hydrogen (secondary N) is 1. The minimum atomic E-state index is 0.00140. The van der Waals surface area contributed by atoms with Crippen molar-refractivity contribution < 1.29 is 4.79 Å². The smallest absolute Gasteiger partial charge is 0.228 e. The van der Waals surface area contributed by atoms with Gasteiger partial charge in [-0.1, -0.05) is 45.9 Å². The van der Waals surface area contributed by atoms with Crippen LogP contribution in [0.4, 0.5) is 5.69 Å². The highest BCUT2D eigenvalue weighted by atomic mass is 16.1. The van der Waals surface area contributed by atoms with Crippen LogP contribution in [-0.4, -0.2) is 15.7 Å². The van der Waals surface area contributed by atoms with Crippen LogP contribution >= 0.6 is 0 Å². The van der Waals surface area contributed by atoms with E-state index in [0.717, 1.165) is 23.4 Å². The Hall–Kier alpha value is -2.10. The Morgan fingerprint density at radius 1 is 1.29 bits per heavy atom. The van der Waals surface area contributed by atoms with Crippen molar-refractivity contribution in [3.63, 3.8) is 0 Å². The van der Waals surface area contributed by atoms with Crippen molar-refractivity contribution in [3.05, 3.63) is 47.3 Å². The maximum Gasteiger partial charge on any atom is 0.228 e. The van der Waals surface area contributed by atoms with Gasteiger partial charge < -0.3 is 5.32 Å².